The molecule has 8 nitrogen and oxygen atoms in total. The molecule has 0 aliphatic carbocycles. The van der Waals surface area contributed by atoms with Crippen LogP contribution in [0.15, 0.2) is 29.5 Å². The van der Waals surface area contributed by atoms with Crippen LogP contribution in [0.25, 0.3) is 0 Å². The van der Waals surface area contributed by atoms with Crippen LogP contribution in [0.3, 0.4) is 0 Å². The largest absolute Gasteiger partial charge is 0.465 e. The molecule has 2 heterocycles. The molecule has 0 saturated carbocycles. The Morgan fingerprint density at radius 1 is 1.46 bits per heavy atom. The quantitative estimate of drug-likeness (QED) is 0.466. The molecule has 26 heavy (non-hydrogen) atoms. The molecule has 0 saturated heterocycles. The van der Waals surface area contributed by atoms with Gasteiger partial charge in [-0.05, 0) is 12.1 Å². The molecule has 0 unspecified atom stereocenters. The van der Waals surface area contributed by atoms with Crippen molar-refractivity contribution in [2.45, 2.75) is 6.42 Å². The summed E-state index contributed by atoms with van der Waals surface area (Å²) < 4.78 is 18.8. The molecular weight excluding hydrogens is 363 g/mol. The molecule has 2 aromatic heterocycles. The number of nitriles is 1. The Labute approximate surface area is 153 Å². The number of nitrogens with zero attached hydrogens (tertiary/aromatic N) is 4. The van der Waals surface area contributed by atoms with Crippen molar-refractivity contribution in [1.82, 2.24) is 9.97 Å². The van der Waals surface area contributed by atoms with Crippen LogP contribution in [-0.2, 0) is 11.2 Å². The van der Waals surface area contributed by atoms with Crippen molar-refractivity contribution in [3.63, 3.8) is 0 Å². The SMILES string of the molecule is CN=C(N)OCCc1cc(NC(=O)c2ncc(C#N)cc2Cl)cnc1F. The average Bonchev–Trinajstić information content (AvgIpc) is 2.63. The highest BCUT2D eigenvalue weighted by Crippen LogP contribution is 2.18. The number of nitrogens with one attached hydrogen (secondary N) is 1. The van der Waals surface area contributed by atoms with Crippen LogP contribution < -0.4 is 11.1 Å². The van der Waals surface area contributed by atoms with E-state index in [1.54, 1.807) is 0 Å². The molecule has 0 aromatic carbocycles. The number of carbonyl (C=O) groups is 1. The molecule has 0 bridgehead atoms. The number of amides is 1. The lowest BCUT2D eigenvalue weighted by Gasteiger charge is -2.09. The van der Waals surface area contributed by atoms with Gasteiger partial charge in [-0.2, -0.15) is 9.65 Å². The minimum Gasteiger partial charge on any atom is -0.465 e. The zero-order valence-corrected chi connectivity index (χ0v) is 14.4. The number of halogens is 2. The second-order valence-corrected chi connectivity index (χ2v) is 5.36. The summed E-state index contributed by atoms with van der Waals surface area (Å²) in [6.45, 7) is 0.0994. The fraction of sp³-hybridized carbons (Fsp3) is 0.188. The molecule has 2 rings (SSSR count). The standard InChI is InChI=1S/C16H14ClFN6O2/c1-21-16(20)26-3-2-10-5-11(8-23-14(10)18)24-15(25)13-12(17)4-9(6-19)7-22-13/h4-5,7-8H,2-3H2,1H3,(H2,20,21)(H,24,25). The van der Waals surface area contributed by atoms with Crippen LogP contribution in [-0.4, -0.2) is 35.6 Å². The minimum atomic E-state index is -0.687. The molecule has 1 amide bonds. The average molecular weight is 377 g/mol. The maximum Gasteiger partial charge on any atom is 0.281 e. The highest BCUT2D eigenvalue weighted by atomic mass is 35.5. The van der Waals surface area contributed by atoms with Crippen LogP contribution in [0, 0.1) is 17.3 Å². The number of aliphatic imine (C=N–C) groups is 1. The maximum absolute atomic E-state index is 13.8. The summed E-state index contributed by atoms with van der Waals surface area (Å²) in [6.07, 6.45) is 2.57. The summed E-state index contributed by atoms with van der Waals surface area (Å²) in [7, 11) is 1.47. The van der Waals surface area contributed by atoms with E-state index in [4.69, 9.17) is 27.3 Å². The Morgan fingerprint density at radius 3 is 2.88 bits per heavy atom. The normalized spacial score (nSPS) is 10.9. The van der Waals surface area contributed by atoms with Crippen molar-refractivity contribution in [1.29, 1.82) is 5.26 Å². The van der Waals surface area contributed by atoms with Crippen molar-refractivity contribution >= 4 is 29.2 Å². The first-order chi connectivity index (χ1) is 12.4. The number of carbonyl (C=O) groups excluding carboxylic acids is 1. The van der Waals surface area contributed by atoms with E-state index in [1.165, 1.54) is 25.4 Å². The third-order valence-corrected chi connectivity index (χ3v) is 3.48. The molecule has 0 fully saturated rings. The Hall–Kier alpha value is -3.25. The summed E-state index contributed by atoms with van der Waals surface area (Å²) in [4.78, 5) is 23.3. The van der Waals surface area contributed by atoms with Crippen molar-refractivity contribution in [3.05, 3.63) is 52.3 Å². The molecule has 10 heteroatoms. The van der Waals surface area contributed by atoms with Crippen LogP contribution in [0.1, 0.15) is 21.6 Å². The Balaban J connectivity index is 2.11. The van der Waals surface area contributed by atoms with E-state index in [0.29, 0.717) is 0 Å². The molecule has 134 valence electrons. The van der Waals surface area contributed by atoms with Crippen LogP contribution >= 0.6 is 11.6 Å². The third-order valence-electron chi connectivity index (χ3n) is 3.20. The van der Waals surface area contributed by atoms with E-state index >= 15 is 0 Å². The fourth-order valence-corrected chi connectivity index (χ4v) is 2.18. The van der Waals surface area contributed by atoms with Gasteiger partial charge in [0.05, 0.1) is 29.1 Å². The molecule has 0 radical (unpaired) electrons. The monoisotopic (exact) mass is 376 g/mol. The van der Waals surface area contributed by atoms with Gasteiger partial charge in [-0.15, -0.1) is 0 Å². The van der Waals surface area contributed by atoms with Crippen molar-refractivity contribution in [2.75, 3.05) is 19.0 Å². The number of ether oxygens (including phenoxy) is 1. The highest BCUT2D eigenvalue weighted by Gasteiger charge is 2.14. The Kier molecular flexibility index (Phi) is 6.41. The molecule has 2 aromatic rings. The molecule has 0 aliphatic heterocycles. The molecule has 0 atom stereocenters. The first kappa shape index (κ1) is 19.1. The lowest BCUT2D eigenvalue weighted by atomic mass is 10.2. The van der Waals surface area contributed by atoms with Crippen LogP contribution in [0.4, 0.5) is 10.1 Å². The lowest BCUT2D eigenvalue weighted by Crippen LogP contribution is -2.18. The topological polar surface area (TPSA) is 126 Å². The van der Waals surface area contributed by atoms with Gasteiger partial charge in [0.25, 0.3) is 11.9 Å². The summed E-state index contributed by atoms with van der Waals surface area (Å²) in [5.74, 6) is -1.30. The Morgan fingerprint density at radius 2 is 2.23 bits per heavy atom. The first-order valence-electron chi connectivity index (χ1n) is 7.31. The summed E-state index contributed by atoms with van der Waals surface area (Å²) in [5, 5.41) is 11.3. The van der Waals surface area contributed by atoms with Crippen molar-refractivity contribution < 1.29 is 13.9 Å². The predicted octanol–water partition coefficient (Wildman–Crippen LogP) is 1.90. The van der Waals surface area contributed by atoms with Gasteiger partial charge in [0.2, 0.25) is 5.95 Å². The summed E-state index contributed by atoms with van der Waals surface area (Å²) in [6, 6.07) is 4.60. The van der Waals surface area contributed by atoms with Gasteiger partial charge in [0.15, 0.2) is 0 Å². The van der Waals surface area contributed by atoms with Gasteiger partial charge >= 0.3 is 0 Å². The van der Waals surface area contributed by atoms with E-state index < -0.39 is 11.9 Å². The number of hydrogen-bond acceptors (Lipinski definition) is 6. The molecule has 0 aliphatic rings. The zero-order chi connectivity index (χ0) is 19.1. The lowest BCUT2D eigenvalue weighted by molar-refractivity contribution is 0.102. The van der Waals surface area contributed by atoms with E-state index in [2.05, 4.69) is 20.3 Å². The number of rotatable bonds is 5. The predicted molar refractivity (Wildman–Crippen MR) is 93.3 cm³/mol. The number of hydrogen-bond donors (Lipinski definition) is 2. The van der Waals surface area contributed by atoms with Crippen LogP contribution in [0.2, 0.25) is 5.02 Å². The van der Waals surface area contributed by atoms with Gasteiger partial charge in [-0.1, -0.05) is 11.6 Å². The first-order valence-corrected chi connectivity index (χ1v) is 7.69. The number of amidine groups is 1. The smallest absolute Gasteiger partial charge is 0.281 e. The van der Waals surface area contributed by atoms with Crippen LogP contribution in [0.5, 0.6) is 0 Å². The van der Waals surface area contributed by atoms with Gasteiger partial charge in [0, 0.05) is 25.2 Å². The zero-order valence-electron chi connectivity index (χ0n) is 13.7. The molecule has 0 spiro atoms. The van der Waals surface area contributed by atoms with Crippen molar-refractivity contribution in [3.8, 4) is 6.07 Å². The third kappa shape index (κ3) is 4.87. The number of aromatic nitrogens is 2. The number of anilines is 1. The van der Waals surface area contributed by atoms with Gasteiger partial charge in [0.1, 0.15) is 11.8 Å². The van der Waals surface area contributed by atoms with E-state index in [1.807, 2.05) is 6.07 Å². The van der Waals surface area contributed by atoms with Crippen molar-refractivity contribution in [2.24, 2.45) is 10.7 Å². The van der Waals surface area contributed by atoms with Gasteiger partial charge in [-0.25, -0.2) is 15.0 Å². The Bertz CT molecular complexity index is 897. The van der Waals surface area contributed by atoms with E-state index in [9.17, 15) is 9.18 Å². The van der Waals surface area contributed by atoms with E-state index in [0.717, 1.165) is 6.20 Å². The number of pyridine rings is 2. The highest BCUT2D eigenvalue weighted by molar-refractivity contribution is 6.34. The van der Waals surface area contributed by atoms with Gasteiger partial charge < -0.3 is 15.8 Å². The second kappa shape index (κ2) is 8.73. The summed E-state index contributed by atoms with van der Waals surface area (Å²) >= 11 is 5.95. The molecule has 3 N–H and O–H groups in total. The minimum absolute atomic E-state index is 0.00985. The second-order valence-electron chi connectivity index (χ2n) is 4.95. The van der Waals surface area contributed by atoms with Gasteiger partial charge in [-0.3, -0.25) is 4.79 Å². The maximum atomic E-state index is 13.8. The number of nitrogens with two attached hydrogens (primary N) is 1. The fourth-order valence-electron chi connectivity index (χ4n) is 1.92. The van der Waals surface area contributed by atoms with E-state index in [-0.39, 0.29) is 46.6 Å². The summed E-state index contributed by atoms with van der Waals surface area (Å²) in [5.41, 5.74) is 6.04. The molecular formula is C16H14ClFN6O2.